The lowest BCUT2D eigenvalue weighted by Crippen LogP contribution is -2.45. The SMILES string of the molecule is CCN(CC)C(=O)C1CCCN(c2cccc(C(=O)NCCN3CCOCC3)n2)C1. The van der Waals surface area contributed by atoms with Gasteiger partial charge in [0.25, 0.3) is 5.91 Å². The van der Waals surface area contributed by atoms with Crippen LogP contribution in [0.1, 0.15) is 37.2 Å². The quantitative estimate of drug-likeness (QED) is 0.686. The Morgan fingerprint density at radius 2 is 1.97 bits per heavy atom. The number of aromatic nitrogens is 1. The van der Waals surface area contributed by atoms with E-state index in [1.54, 1.807) is 6.07 Å². The predicted molar refractivity (Wildman–Crippen MR) is 117 cm³/mol. The van der Waals surface area contributed by atoms with Crippen LogP contribution in [0.25, 0.3) is 0 Å². The maximum atomic E-state index is 12.8. The van der Waals surface area contributed by atoms with Crippen molar-refractivity contribution in [1.82, 2.24) is 20.1 Å². The van der Waals surface area contributed by atoms with Crippen LogP contribution in [-0.2, 0) is 9.53 Å². The van der Waals surface area contributed by atoms with Gasteiger partial charge in [-0.1, -0.05) is 6.07 Å². The minimum atomic E-state index is -0.155. The van der Waals surface area contributed by atoms with Crippen LogP contribution in [0.4, 0.5) is 5.82 Å². The first-order valence-electron chi connectivity index (χ1n) is 11.2. The minimum absolute atomic E-state index is 0.00791. The lowest BCUT2D eigenvalue weighted by atomic mass is 9.96. The fourth-order valence-electron chi connectivity index (χ4n) is 4.15. The molecule has 8 nitrogen and oxygen atoms in total. The summed E-state index contributed by atoms with van der Waals surface area (Å²) in [6, 6.07) is 5.54. The zero-order valence-electron chi connectivity index (χ0n) is 18.3. The molecule has 2 fully saturated rings. The zero-order valence-corrected chi connectivity index (χ0v) is 18.3. The van der Waals surface area contributed by atoms with E-state index in [9.17, 15) is 9.59 Å². The summed E-state index contributed by atoms with van der Waals surface area (Å²) in [5.74, 6) is 0.832. The Bertz CT molecular complexity index is 704. The molecule has 3 heterocycles. The number of anilines is 1. The van der Waals surface area contributed by atoms with E-state index in [1.165, 1.54) is 0 Å². The van der Waals surface area contributed by atoms with Gasteiger partial charge >= 0.3 is 0 Å². The number of piperidine rings is 1. The molecule has 2 aliphatic heterocycles. The number of amides is 2. The first-order valence-corrected chi connectivity index (χ1v) is 11.2. The molecule has 0 aliphatic carbocycles. The number of carbonyl (C=O) groups excluding carboxylic acids is 2. The maximum absolute atomic E-state index is 12.8. The predicted octanol–water partition coefficient (Wildman–Crippen LogP) is 1.23. The molecule has 0 radical (unpaired) electrons. The average molecular weight is 418 g/mol. The smallest absolute Gasteiger partial charge is 0.270 e. The Morgan fingerprint density at radius 3 is 2.70 bits per heavy atom. The number of hydrogen-bond acceptors (Lipinski definition) is 6. The van der Waals surface area contributed by atoms with Crippen molar-refractivity contribution < 1.29 is 14.3 Å². The molecule has 1 aromatic rings. The van der Waals surface area contributed by atoms with E-state index in [0.29, 0.717) is 18.8 Å². The van der Waals surface area contributed by atoms with Crippen LogP contribution in [0, 0.1) is 5.92 Å². The van der Waals surface area contributed by atoms with Crippen LogP contribution in [0.5, 0.6) is 0 Å². The Kier molecular flexibility index (Phi) is 8.45. The number of nitrogens with zero attached hydrogens (tertiary/aromatic N) is 4. The van der Waals surface area contributed by atoms with Crippen LogP contribution in [0.3, 0.4) is 0 Å². The summed E-state index contributed by atoms with van der Waals surface area (Å²) in [7, 11) is 0. The first-order chi connectivity index (χ1) is 14.6. The molecule has 2 saturated heterocycles. The van der Waals surface area contributed by atoms with Gasteiger partial charge in [-0.25, -0.2) is 4.98 Å². The fourth-order valence-corrected chi connectivity index (χ4v) is 4.15. The van der Waals surface area contributed by atoms with Gasteiger partial charge in [-0.3, -0.25) is 14.5 Å². The second-order valence-electron chi connectivity index (χ2n) is 7.89. The summed E-state index contributed by atoms with van der Waals surface area (Å²) >= 11 is 0. The third-order valence-corrected chi connectivity index (χ3v) is 5.95. The lowest BCUT2D eigenvalue weighted by Gasteiger charge is -2.35. The highest BCUT2D eigenvalue weighted by molar-refractivity contribution is 5.92. The standard InChI is InChI=1S/C22H35N5O3/c1-3-26(4-2)22(29)18-7-6-11-27(17-18)20-9-5-8-19(24-20)21(28)23-10-12-25-13-15-30-16-14-25/h5,8-9,18H,3-4,6-7,10-17H2,1-2H3,(H,23,28). The van der Waals surface area contributed by atoms with Crippen molar-refractivity contribution in [1.29, 1.82) is 0 Å². The highest BCUT2D eigenvalue weighted by atomic mass is 16.5. The van der Waals surface area contributed by atoms with Crippen molar-refractivity contribution in [3.63, 3.8) is 0 Å². The van der Waals surface area contributed by atoms with E-state index in [-0.39, 0.29) is 17.7 Å². The van der Waals surface area contributed by atoms with Crippen molar-refractivity contribution in [3.05, 3.63) is 23.9 Å². The van der Waals surface area contributed by atoms with Gasteiger partial charge in [0, 0.05) is 52.4 Å². The number of hydrogen-bond donors (Lipinski definition) is 1. The highest BCUT2D eigenvalue weighted by Crippen LogP contribution is 2.23. The van der Waals surface area contributed by atoms with Gasteiger partial charge in [0.05, 0.1) is 19.1 Å². The summed E-state index contributed by atoms with van der Waals surface area (Å²) in [4.78, 5) is 36.3. The number of ether oxygens (including phenoxy) is 1. The third-order valence-electron chi connectivity index (χ3n) is 5.95. The molecule has 1 atom stereocenters. The van der Waals surface area contributed by atoms with Crippen LogP contribution in [-0.4, -0.2) is 92.2 Å². The summed E-state index contributed by atoms with van der Waals surface area (Å²) in [5, 5.41) is 2.97. The summed E-state index contributed by atoms with van der Waals surface area (Å²) in [6.45, 7) is 11.8. The molecule has 3 rings (SSSR count). The van der Waals surface area contributed by atoms with Crippen LogP contribution < -0.4 is 10.2 Å². The number of morpholine rings is 1. The molecule has 0 bridgehead atoms. The molecule has 1 aromatic heterocycles. The number of pyridine rings is 1. The van der Waals surface area contributed by atoms with Gasteiger partial charge in [-0.15, -0.1) is 0 Å². The van der Waals surface area contributed by atoms with E-state index < -0.39 is 0 Å². The highest BCUT2D eigenvalue weighted by Gasteiger charge is 2.29. The minimum Gasteiger partial charge on any atom is -0.379 e. The van der Waals surface area contributed by atoms with Gasteiger partial charge in [0.15, 0.2) is 0 Å². The normalized spacial score (nSPS) is 20.1. The maximum Gasteiger partial charge on any atom is 0.270 e. The van der Waals surface area contributed by atoms with Crippen LogP contribution in [0.2, 0.25) is 0 Å². The van der Waals surface area contributed by atoms with E-state index in [2.05, 4.69) is 20.1 Å². The molecule has 2 amide bonds. The van der Waals surface area contributed by atoms with Gasteiger partial charge in [-0.05, 0) is 38.8 Å². The molecule has 0 aromatic carbocycles. The number of carbonyl (C=O) groups is 2. The fraction of sp³-hybridized carbons (Fsp3) is 0.682. The molecule has 30 heavy (non-hydrogen) atoms. The monoisotopic (exact) mass is 417 g/mol. The summed E-state index contributed by atoms with van der Waals surface area (Å²) in [6.07, 6.45) is 1.86. The topological polar surface area (TPSA) is 78.0 Å². The first kappa shape index (κ1) is 22.5. The zero-order chi connectivity index (χ0) is 21.3. The summed E-state index contributed by atoms with van der Waals surface area (Å²) < 4.78 is 5.35. The van der Waals surface area contributed by atoms with Crippen molar-refractivity contribution in [2.24, 2.45) is 5.92 Å². The van der Waals surface area contributed by atoms with E-state index in [4.69, 9.17) is 4.74 Å². The van der Waals surface area contributed by atoms with Crippen molar-refractivity contribution >= 4 is 17.6 Å². The van der Waals surface area contributed by atoms with Gasteiger partial charge in [-0.2, -0.15) is 0 Å². The van der Waals surface area contributed by atoms with E-state index in [1.807, 2.05) is 30.9 Å². The second-order valence-corrected chi connectivity index (χ2v) is 7.89. The summed E-state index contributed by atoms with van der Waals surface area (Å²) in [5.41, 5.74) is 0.423. The Labute approximate surface area is 179 Å². The van der Waals surface area contributed by atoms with Gasteiger partial charge in [0.2, 0.25) is 5.91 Å². The van der Waals surface area contributed by atoms with Crippen molar-refractivity contribution in [2.75, 3.05) is 70.5 Å². The molecular formula is C22H35N5O3. The van der Waals surface area contributed by atoms with Gasteiger partial charge < -0.3 is 19.9 Å². The molecule has 8 heteroatoms. The molecular weight excluding hydrogens is 382 g/mol. The third kappa shape index (κ3) is 5.92. The molecule has 0 saturated carbocycles. The average Bonchev–Trinajstić information content (AvgIpc) is 2.80. The van der Waals surface area contributed by atoms with E-state index >= 15 is 0 Å². The Balaban J connectivity index is 1.56. The Morgan fingerprint density at radius 1 is 1.20 bits per heavy atom. The number of nitrogens with one attached hydrogen (secondary N) is 1. The van der Waals surface area contributed by atoms with Crippen LogP contribution >= 0.6 is 0 Å². The largest absolute Gasteiger partial charge is 0.379 e. The van der Waals surface area contributed by atoms with Gasteiger partial charge in [0.1, 0.15) is 11.5 Å². The van der Waals surface area contributed by atoms with E-state index in [0.717, 1.165) is 71.1 Å². The lowest BCUT2D eigenvalue weighted by molar-refractivity contribution is -0.135. The van der Waals surface area contributed by atoms with Crippen molar-refractivity contribution in [3.8, 4) is 0 Å². The number of rotatable bonds is 8. The molecule has 1 N–H and O–H groups in total. The molecule has 2 aliphatic rings. The molecule has 0 spiro atoms. The molecule has 1 unspecified atom stereocenters. The second kappa shape index (κ2) is 11.3. The van der Waals surface area contributed by atoms with Crippen molar-refractivity contribution in [2.45, 2.75) is 26.7 Å². The Hall–Kier alpha value is -2.19. The molecule has 166 valence electrons. The van der Waals surface area contributed by atoms with Crippen LogP contribution in [0.15, 0.2) is 18.2 Å².